The number of nitrogen functional groups attached to an aromatic ring is 1. The van der Waals surface area contributed by atoms with E-state index in [1.807, 2.05) is 30.3 Å². The van der Waals surface area contributed by atoms with Crippen molar-refractivity contribution in [3.63, 3.8) is 0 Å². The SMILES string of the molecule is NCNc1nc(N)nc(-c2ccccc2)n1. The number of hydrogen-bond donors (Lipinski definition) is 3. The first-order valence-corrected chi connectivity index (χ1v) is 4.80. The zero-order chi connectivity index (χ0) is 11.4. The summed E-state index contributed by atoms with van der Waals surface area (Å²) in [5.41, 5.74) is 11.8. The van der Waals surface area contributed by atoms with Gasteiger partial charge in [-0.15, -0.1) is 0 Å². The van der Waals surface area contributed by atoms with Crippen molar-refractivity contribution < 1.29 is 0 Å². The molecule has 2 aromatic rings. The minimum absolute atomic E-state index is 0.171. The van der Waals surface area contributed by atoms with Crippen LogP contribution in [0.2, 0.25) is 0 Å². The van der Waals surface area contributed by atoms with Crippen LogP contribution >= 0.6 is 0 Å². The van der Waals surface area contributed by atoms with Gasteiger partial charge in [-0.05, 0) is 0 Å². The van der Waals surface area contributed by atoms with Gasteiger partial charge in [0.2, 0.25) is 11.9 Å². The molecule has 0 fully saturated rings. The summed E-state index contributed by atoms with van der Waals surface area (Å²) in [6, 6.07) is 9.55. The summed E-state index contributed by atoms with van der Waals surface area (Å²) < 4.78 is 0. The Morgan fingerprint density at radius 2 is 1.81 bits per heavy atom. The third kappa shape index (κ3) is 2.23. The van der Waals surface area contributed by atoms with Gasteiger partial charge < -0.3 is 16.8 Å². The van der Waals surface area contributed by atoms with E-state index in [-0.39, 0.29) is 12.6 Å². The molecule has 5 N–H and O–H groups in total. The first kappa shape index (κ1) is 10.3. The van der Waals surface area contributed by atoms with Crippen LogP contribution in [-0.2, 0) is 0 Å². The number of aromatic nitrogens is 3. The topological polar surface area (TPSA) is 103 Å². The molecule has 0 aliphatic heterocycles. The Balaban J connectivity index is 2.41. The molecule has 0 unspecified atom stereocenters. The number of hydrogen-bond acceptors (Lipinski definition) is 6. The largest absolute Gasteiger partial charge is 0.368 e. The second kappa shape index (κ2) is 4.54. The fourth-order valence-corrected chi connectivity index (χ4v) is 1.28. The van der Waals surface area contributed by atoms with Crippen molar-refractivity contribution in [1.82, 2.24) is 15.0 Å². The quantitative estimate of drug-likeness (QED) is 0.644. The molecular formula is C10H12N6. The molecule has 6 nitrogen and oxygen atoms in total. The van der Waals surface area contributed by atoms with Gasteiger partial charge >= 0.3 is 0 Å². The van der Waals surface area contributed by atoms with E-state index in [1.54, 1.807) is 0 Å². The van der Waals surface area contributed by atoms with E-state index in [0.29, 0.717) is 11.8 Å². The molecule has 0 bridgehead atoms. The molecule has 1 aromatic carbocycles. The van der Waals surface area contributed by atoms with Gasteiger partial charge in [-0.3, -0.25) is 0 Å². The second-order valence-electron chi connectivity index (χ2n) is 3.09. The monoisotopic (exact) mass is 216 g/mol. The first-order valence-electron chi connectivity index (χ1n) is 4.80. The minimum atomic E-state index is 0.171. The van der Waals surface area contributed by atoms with Gasteiger partial charge in [0.1, 0.15) is 0 Å². The van der Waals surface area contributed by atoms with Gasteiger partial charge in [-0.1, -0.05) is 30.3 Å². The zero-order valence-electron chi connectivity index (χ0n) is 8.59. The van der Waals surface area contributed by atoms with Crippen LogP contribution in [0, 0.1) is 0 Å². The van der Waals surface area contributed by atoms with E-state index in [1.165, 1.54) is 0 Å². The van der Waals surface area contributed by atoms with Crippen LogP contribution in [0.3, 0.4) is 0 Å². The predicted molar refractivity (Wildman–Crippen MR) is 62.4 cm³/mol. The third-order valence-corrected chi connectivity index (χ3v) is 1.94. The Bertz CT molecular complexity index is 470. The van der Waals surface area contributed by atoms with Crippen molar-refractivity contribution in [3.8, 4) is 11.4 Å². The molecular weight excluding hydrogens is 204 g/mol. The Hall–Kier alpha value is -2.21. The number of nitrogens with two attached hydrogens (primary N) is 2. The lowest BCUT2D eigenvalue weighted by Crippen LogP contribution is -2.14. The normalized spacial score (nSPS) is 10.1. The highest BCUT2D eigenvalue weighted by molar-refractivity contribution is 5.57. The number of benzene rings is 1. The molecule has 0 aliphatic carbocycles. The van der Waals surface area contributed by atoms with E-state index < -0.39 is 0 Å². The summed E-state index contributed by atoms with van der Waals surface area (Å²) >= 11 is 0. The summed E-state index contributed by atoms with van der Waals surface area (Å²) in [5.74, 6) is 1.09. The maximum atomic E-state index is 5.58. The molecule has 2 rings (SSSR count). The van der Waals surface area contributed by atoms with Gasteiger partial charge in [0.05, 0.1) is 6.67 Å². The van der Waals surface area contributed by atoms with Crippen LogP contribution in [-0.4, -0.2) is 21.6 Å². The van der Waals surface area contributed by atoms with Crippen molar-refractivity contribution in [2.24, 2.45) is 5.73 Å². The molecule has 0 amide bonds. The van der Waals surface area contributed by atoms with E-state index in [4.69, 9.17) is 11.5 Å². The molecule has 6 heteroatoms. The van der Waals surface area contributed by atoms with Crippen molar-refractivity contribution >= 4 is 11.9 Å². The van der Waals surface area contributed by atoms with Crippen LogP contribution in [0.1, 0.15) is 0 Å². The minimum Gasteiger partial charge on any atom is -0.368 e. The molecule has 1 aromatic heterocycles. The summed E-state index contributed by atoms with van der Waals surface area (Å²) in [4.78, 5) is 12.2. The maximum absolute atomic E-state index is 5.58. The Morgan fingerprint density at radius 1 is 1.06 bits per heavy atom. The average molecular weight is 216 g/mol. The van der Waals surface area contributed by atoms with E-state index in [0.717, 1.165) is 5.56 Å². The maximum Gasteiger partial charge on any atom is 0.229 e. The van der Waals surface area contributed by atoms with Crippen molar-refractivity contribution in [2.45, 2.75) is 0 Å². The van der Waals surface area contributed by atoms with E-state index in [9.17, 15) is 0 Å². The van der Waals surface area contributed by atoms with Crippen molar-refractivity contribution in [1.29, 1.82) is 0 Å². The lowest BCUT2D eigenvalue weighted by Gasteiger charge is -2.05. The van der Waals surface area contributed by atoms with Crippen LogP contribution in [0.5, 0.6) is 0 Å². The summed E-state index contributed by atoms with van der Waals surface area (Å²) in [5, 5.41) is 2.79. The Labute approximate surface area is 92.7 Å². The molecule has 0 saturated heterocycles. The summed E-state index contributed by atoms with van der Waals surface area (Å²) in [7, 11) is 0. The fraction of sp³-hybridized carbons (Fsp3) is 0.100. The molecule has 82 valence electrons. The molecule has 1 heterocycles. The number of nitrogens with zero attached hydrogens (tertiary/aromatic N) is 3. The molecule has 0 atom stereocenters. The average Bonchev–Trinajstić information content (AvgIpc) is 2.30. The molecule has 0 spiro atoms. The zero-order valence-corrected chi connectivity index (χ0v) is 8.59. The van der Waals surface area contributed by atoms with Gasteiger partial charge in [-0.25, -0.2) is 0 Å². The fourth-order valence-electron chi connectivity index (χ4n) is 1.28. The Kier molecular flexibility index (Phi) is 2.93. The molecule has 0 radical (unpaired) electrons. The van der Waals surface area contributed by atoms with Crippen LogP contribution < -0.4 is 16.8 Å². The van der Waals surface area contributed by atoms with Gasteiger partial charge in [0.15, 0.2) is 5.82 Å². The van der Waals surface area contributed by atoms with Crippen LogP contribution in [0.4, 0.5) is 11.9 Å². The number of rotatable bonds is 3. The van der Waals surface area contributed by atoms with Gasteiger partial charge in [0, 0.05) is 5.56 Å². The van der Waals surface area contributed by atoms with Gasteiger partial charge in [0.25, 0.3) is 0 Å². The highest BCUT2D eigenvalue weighted by Gasteiger charge is 2.05. The summed E-state index contributed by atoms with van der Waals surface area (Å²) in [6.45, 7) is 0.248. The van der Waals surface area contributed by atoms with Gasteiger partial charge in [-0.2, -0.15) is 15.0 Å². The highest BCUT2D eigenvalue weighted by Crippen LogP contribution is 2.15. The lowest BCUT2D eigenvalue weighted by atomic mass is 10.2. The Morgan fingerprint density at radius 3 is 2.50 bits per heavy atom. The second-order valence-corrected chi connectivity index (χ2v) is 3.09. The lowest BCUT2D eigenvalue weighted by molar-refractivity contribution is 1.02. The number of nitrogens with one attached hydrogen (secondary N) is 1. The van der Waals surface area contributed by atoms with E-state index in [2.05, 4.69) is 20.3 Å². The highest BCUT2D eigenvalue weighted by atomic mass is 15.2. The smallest absolute Gasteiger partial charge is 0.229 e. The predicted octanol–water partition coefficient (Wildman–Crippen LogP) is 0.449. The molecule has 16 heavy (non-hydrogen) atoms. The first-order chi connectivity index (χ1) is 7.79. The summed E-state index contributed by atoms with van der Waals surface area (Å²) in [6.07, 6.45) is 0. The van der Waals surface area contributed by atoms with E-state index >= 15 is 0 Å². The molecule has 0 aliphatic rings. The van der Waals surface area contributed by atoms with Crippen LogP contribution in [0.15, 0.2) is 30.3 Å². The standard InChI is InChI=1S/C10H12N6/c11-6-13-10-15-8(14-9(12)16-10)7-4-2-1-3-5-7/h1-5H,6,11H2,(H3,12,13,14,15,16). The molecule has 0 saturated carbocycles. The number of anilines is 2. The third-order valence-electron chi connectivity index (χ3n) is 1.94. The van der Waals surface area contributed by atoms with Crippen molar-refractivity contribution in [2.75, 3.05) is 17.7 Å². The van der Waals surface area contributed by atoms with Crippen molar-refractivity contribution in [3.05, 3.63) is 30.3 Å². The van der Waals surface area contributed by atoms with Crippen LogP contribution in [0.25, 0.3) is 11.4 Å².